The number of rotatable bonds is 9. The van der Waals surface area contributed by atoms with Crippen LogP contribution in [-0.2, 0) is 9.63 Å². The average Bonchev–Trinajstić information content (AvgIpc) is 3.61. The molecule has 0 unspecified atom stereocenters. The summed E-state index contributed by atoms with van der Waals surface area (Å²) in [6, 6.07) is 32.2. The molecule has 0 aliphatic carbocycles. The summed E-state index contributed by atoms with van der Waals surface area (Å²) in [4.78, 5) is 46.6. The van der Waals surface area contributed by atoms with Crippen molar-refractivity contribution < 1.29 is 24.0 Å². The standard InChI is InChI=1S/C23H19NO3S.C13H12N2O2/c1-16-8-6-7-11-21(16)22(24-27-17(2)25)23(26)18-12-14-20(15-13-18)28-19-9-4-3-5-10-19;1-17-12-5-2-11(3-6-12)4-7-13(16)15-9-8-14-10-15/h3-15H,1-2H3;2-10H,1H3/b24-22-;7-4+. The van der Waals surface area contributed by atoms with Crippen LogP contribution in [0, 0.1) is 6.92 Å². The number of hydrogen-bond acceptors (Lipinski definition) is 8. The minimum Gasteiger partial charge on any atom is -0.497 e. The van der Waals surface area contributed by atoms with E-state index >= 15 is 0 Å². The van der Waals surface area contributed by atoms with E-state index in [0.717, 1.165) is 26.7 Å². The number of ether oxygens (including phenoxy) is 1. The molecule has 0 spiro atoms. The van der Waals surface area contributed by atoms with Crippen LogP contribution in [0.3, 0.4) is 0 Å². The predicted molar refractivity (Wildman–Crippen MR) is 176 cm³/mol. The van der Waals surface area contributed by atoms with E-state index in [2.05, 4.69) is 10.1 Å². The van der Waals surface area contributed by atoms with Crippen LogP contribution in [0.4, 0.5) is 0 Å². The van der Waals surface area contributed by atoms with Crippen LogP contribution in [-0.4, -0.2) is 40.0 Å². The van der Waals surface area contributed by atoms with Crippen molar-refractivity contribution in [1.29, 1.82) is 0 Å². The van der Waals surface area contributed by atoms with Crippen LogP contribution in [0.5, 0.6) is 5.75 Å². The normalized spacial score (nSPS) is 11.0. The Kier molecular flexibility index (Phi) is 11.8. The number of methoxy groups -OCH3 is 1. The van der Waals surface area contributed by atoms with Gasteiger partial charge in [0.1, 0.15) is 12.1 Å². The molecule has 0 aliphatic rings. The number of carbonyl (C=O) groups is 3. The van der Waals surface area contributed by atoms with E-state index in [1.165, 1.54) is 23.9 Å². The van der Waals surface area contributed by atoms with Crippen molar-refractivity contribution in [1.82, 2.24) is 9.55 Å². The van der Waals surface area contributed by atoms with Crippen molar-refractivity contribution in [2.24, 2.45) is 5.16 Å². The molecule has 4 aromatic carbocycles. The number of Topliss-reactive ketones (excluding diaryl/α,β-unsaturated/α-hetero) is 1. The van der Waals surface area contributed by atoms with Gasteiger partial charge >= 0.3 is 5.97 Å². The van der Waals surface area contributed by atoms with Gasteiger partial charge in [0.2, 0.25) is 5.78 Å². The summed E-state index contributed by atoms with van der Waals surface area (Å²) in [6.07, 6.45) is 7.91. The minimum atomic E-state index is -0.575. The molecule has 0 amide bonds. The zero-order valence-corrected chi connectivity index (χ0v) is 25.8. The Morgan fingerprint density at radius 2 is 1.51 bits per heavy atom. The first kappa shape index (κ1) is 32.4. The highest BCUT2D eigenvalue weighted by Crippen LogP contribution is 2.27. The van der Waals surface area contributed by atoms with E-state index in [0.29, 0.717) is 11.1 Å². The number of benzene rings is 4. The first-order valence-corrected chi connectivity index (χ1v) is 14.7. The number of hydrogen-bond donors (Lipinski definition) is 0. The van der Waals surface area contributed by atoms with E-state index in [-0.39, 0.29) is 17.4 Å². The number of allylic oxidation sites excluding steroid dienone is 1. The van der Waals surface area contributed by atoms with Gasteiger partial charge in [-0.25, -0.2) is 9.78 Å². The Morgan fingerprint density at radius 3 is 2.13 bits per heavy atom. The fourth-order valence-corrected chi connectivity index (χ4v) is 4.79. The fraction of sp³-hybridized carbons (Fsp3) is 0.0833. The number of imidazole rings is 1. The largest absolute Gasteiger partial charge is 0.497 e. The molecule has 5 rings (SSSR count). The van der Waals surface area contributed by atoms with Crippen LogP contribution in [0.1, 0.15) is 38.8 Å². The molecule has 45 heavy (non-hydrogen) atoms. The number of aryl methyl sites for hydroxylation is 1. The third-order valence-electron chi connectivity index (χ3n) is 6.27. The molecule has 226 valence electrons. The number of aromatic nitrogens is 2. The Balaban J connectivity index is 0.000000231. The van der Waals surface area contributed by atoms with E-state index < -0.39 is 5.97 Å². The fourth-order valence-electron chi connectivity index (χ4n) is 3.96. The van der Waals surface area contributed by atoms with E-state index in [9.17, 15) is 14.4 Å². The zero-order chi connectivity index (χ0) is 32.0. The highest BCUT2D eigenvalue weighted by molar-refractivity contribution is 7.99. The van der Waals surface area contributed by atoms with Crippen molar-refractivity contribution in [3.63, 3.8) is 0 Å². The van der Waals surface area contributed by atoms with Gasteiger partial charge in [-0.3, -0.25) is 14.2 Å². The van der Waals surface area contributed by atoms with E-state index in [4.69, 9.17) is 9.57 Å². The van der Waals surface area contributed by atoms with Crippen LogP contribution in [0.2, 0.25) is 0 Å². The van der Waals surface area contributed by atoms with E-state index in [1.54, 1.807) is 55.5 Å². The Bertz CT molecular complexity index is 1780. The monoisotopic (exact) mass is 617 g/mol. The number of carbonyl (C=O) groups excluding carboxylic acids is 3. The second-order valence-electron chi connectivity index (χ2n) is 9.52. The molecule has 8 nitrogen and oxygen atoms in total. The maximum Gasteiger partial charge on any atom is 0.332 e. The van der Waals surface area contributed by atoms with Crippen LogP contribution in [0.25, 0.3) is 6.08 Å². The second kappa shape index (κ2) is 16.3. The summed E-state index contributed by atoms with van der Waals surface area (Å²) in [6.45, 7) is 3.13. The van der Waals surface area contributed by atoms with E-state index in [1.807, 2.05) is 91.9 Å². The summed E-state index contributed by atoms with van der Waals surface area (Å²) >= 11 is 1.62. The molecule has 0 N–H and O–H groups in total. The van der Waals surface area contributed by atoms with Gasteiger partial charge in [0, 0.05) is 46.3 Å². The Labute approximate surface area is 266 Å². The van der Waals surface area contributed by atoms with Gasteiger partial charge in [0.25, 0.3) is 5.91 Å². The van der Waals surface area contributed by atoms with Crippen molar-refractivity contribution >= 4 is 41.2 Å². The van der Waals surface area contributed by atoms with Crippen LogP contribution >= 0.6 is 11.8 Å². The summed E-state index contributed by atoms with van der Waals surface area (Å²) in [5.41, 5.74) is 3.04. The maximum atomic E-state index is 13.1. The van der Waals surface area contributed by atoms with Crippen molar-refractivity contribution in [3.05, 3.63) is 150 Å². The summed E-state index contributed by atoms with van der Waals surface area (Å²) < 4.78 is 6.47. The molecule has 0 saturated carbocycles. The highest BCUT2D eigenvalue weighted by atomic mass is 32.2. The van der Waals surface area contributed by atoms with Crippen LogP contribution < -0.4 is 4.74 Å². The van der Waals surface area contributed by atoms with Gasteiger partial charge < -0.3 is 9.57 Å². The smallest absolute Gasteiger partial charge is 0.332 e. The maximum absolute atomic E-state index is 13.1. The molecule has 1 aromatic heterocycles. The number of oxime groups is 1. The Hall–Kier alpha value is -5.54. The molecule has 0 fully saturated rings. The third-order valence-corrected chi connectivity index (χ3v) is 7.28. The zero-order valence-electron chi connectivity index (χ0n) is 25.0. The molecule has 0 radical (unpaired) electrons. The lowest BCUT2D eigenvalue weighted by atomic mass is 9.97. The molecule has 5 aromatic rings. The average molecular weight is 618 g/mol. The lowest BCUT2D eigenvalue weighted by Gasteiger charge is -2.09. The molecule has 0 atom stereocenters. The molecule has 0 bridgehead atoms. The molecule has 0 saturated heterocycles. The molecule has 1 heterocycles. The molecular formula is C36H31N3O5S. The number of ketones is 1. The predicted octanol–water partition coefficient (Wildman–Crippen LogP) is 7.54. The molecular weight excluding hydrogens is 586 g/mol. The van der Waals surface area contributed by atoms with Crippen LogP contribution in [0.15, 0.2) is 143 Å². The quantitative estimate of drug-likeness (QED) is 0.0554. The summed E-state index contributed by atoms with van der Waals surface area (Å²) in [7, 11) is 1.62. The summed E-state index contributed by atoms with van der Waals surface area (Å²) in [5.74, 6) is -0.207. The Morgan fingerprint density at radius 1 is 0.844 bits per heavy atom. The van der Waals surface area contributed by atoms with Gasteiger partial charge in [-0.05, 0) is 72.7 Å². The highest BCUT2D eigenvalue weighted by Gasteiger charge is 2.19. The molecule has 0 aliphatic heterocycles. The SMILES string of the molecule is CC(=O)O/N=C(\C(=O)c1ccc(Sc2ccccc2)cc1)c1ccccc1C.COc1ccc(/C=C/C(=O)n2ccnc2)cc1. The van der Waals surface area contributed by atoms with Crippen molar-refractivity contribution in [2.45, 2.75) is 23.6 Å². The van der Waals surface area contributed by atoms with Crippen molar-refractivity contribution in [3.8, 4) is 5.75 Å². The number of nitrogens with zero attached hydrogens (tertiary/aromatic N) is 3. The van der Waals surface area contributed by atoms with Gasteiger partial charge in [0.05, 0.1) is 7.11 Å². The minimum absolute atomic E-state index is 0.108. The molecule has 9 heteroatoms. The second-order valence-corrected chi connectivity index (χ2v) is 10.7. The van der Waals surface area contributed by atoms with Gasteiger partial charge in [0.15, 0.2) is 5.71 Å². The van der Waals surface area contributed by atoms with Gasteiger partial charge in [-0.15, -0.1) is 0 Å². The first-order valence-electron chi connectivity index (χ1n) is 13.9. The van der Waals surface area contributed by atoms with Gasteiger partial charge in [-0.2, -0.15) is 0 Å². The third kappa shape index (κ3) is 9.74. The van der Waals surface area contributed by atoms with Crippen molar-refractivity contribution in [2.75, 3.05) is 7.11 Å². The topological polar surface area (TPSA) is 99.9 Å². The summed E-state index contributed by atoms with van der Waals surface area (Å²) in [5, 5.41) is 3.83. The first-order chi connectivity index (χ1) is 21.8. The van der Waals surface area contributed by atoms with Gasteiger partial charge in [-0.1, -0.05) is 71.5 Å². The lowest BCUT2D eigenvalue weighted by molar-refractivity contribution is -0.140. The lowest BCUT2D eigenvalue weighted by Crippen LogP contribution is -2.18.